The summed E-state index contributed by atoms with van der Waals surface area (Å²) in [5, 5.41) is 8.39. The molecule has 0 aromatic heterocycles. The second kappa shape index (κ2) is 9.39. The van der Waals surface area contributed by atoms with E-state index in [0.29, 0.717) is 25.9 Å². The van der Waals surface area contributed by atoms with Crippen molar-refractivity contribution in [3.8, 4) is 0 Å². The van der Waals surface area contributed by atoms with Gasteiger partial charge in [0.25, 0.3) is 0 Å². The molecule has 1 aromatic carbocycles. The maximum Gasteiger partial charge on any atom is 0.407 e. The van der Waals surface area contributed by atoms with Crippen LogP contribution in [0, 0.1) is 5.92 Å². The van der Waals surface area contributed by atoms with E-state index in [1.165, 1.54) is 0 Å². The summed E-state index contributed by atoms with van der Waals surface area (Å²) in [6.45, 7) is 6.38. The van der Waals surface area contributed by atoms with E-state index in [-0.39, 0.29) is 24.2 Å². The molecule has 1 saturated heterocycles. The zero-order valence-electron chi connectivity index (χ0n) is 16.2. The van der Waals surface area contributed by atoms with Crippen LogP contribution in [0.5, 0.6) is 0 Å². The van der Waals surface area contributed by atoms with Gasteiger partial charge in [0.15, 0.2) is 0 Å². The highest BCUT2D eigenvalue weighted by Crippen LogP contribution is 2.18. The number of nitrogens with one attached hydrogen (secondary N) is 3. The molecule has 3 amide bonds. The Morgan fingerprint density at radius 1 is 1.26 bits per heavy atom. The lowest BCUT2D eigenvalue weighted by molar-refractivity contribution is -0.124. The van der Waals surface area contributed by atoms with E-state index in [1.807, 2.05) is 30.3 Å². The van der Waals surface area contributed by atoms with Crippen molar-refractivity contribution in [1.82, 2.24) is 16.0 Å². The van der Waals surface area contributed by atoms with Crippen molar-refractivity contribution >= 4 is 17.9 Å². The fraction of sp³-hybridized carbons (Fsp3) is 0.550. The molecule has 1 aromatic rings. The molecule has 27 heavy (non-hydrogen) atoms. The van der Waals surface area contributed by atoms with Crippen LogP contribution < -0.4 is 16.0 Å². The monoisotopic (exact) mass is 375 g/mol. The number of rotatable bonds is 7. The highest BCUT2D eigenvalue weighted by molar-refractivity contribution is 5.81. The standard InChI is InChI=1S/C20H29N3O4/c1-20(2,3)27-19(26)23-16(11-15-9-10-21-18(15)25)12-17(24)22-13-14-7-5-4-6-8-14/h4-8,15-16H,9-13H2,1-3H3,(H,21,25)(H,22,24)(H,23,26)/t15-,16-/m0/s1. The largest absolute Gasteiger partial charge is 0.444 e. The van der Waals surface area contributed by atoms with Gasteiger partial charge in [-0.05, 0) is 39.2 Å². The SMILES string of the molecule is CC(C)(C)OC(=O)N[C@H](CC(=O)NCc1ccccc1)C[C@@H]1CCNC1=O. The molecule has 0 spiro atoms. The third-order valence-electron chi connectivity index (χ3n) is 4.22. The molecule has 1 heterocycles. The van der Waals surface area contributed by atoms with Crippen LogP contribution in [0.25, 0.3) is 0 Å². The zero-order chi connectivity index (χ0) is 19.9. The van der Waals surface area contributed by atoms with Gasteiger partial charge in [-0.25, -0.2) is 4.79 Å². The minimum absolute atomic E-state index is 0.0318. The van der Waals surface area contributed by atoms with Crippen LogP contribution in [0.2, 0.25) is 0 Å². The summed E-state index contributed by atoms with van der Waals surface area (Å²) < 4.78 is 5.29. The summed E-state index contributed by atoms with van der Waals surface area (Å²) >= 11 is 0. The minimum atomic E-state index is -0.630. The third-order valence-corrected chi connectivity index (χ3v) is 4.22. The van der Waals surface area contributed by atoms with Gasteiger partial charge in [0.1, 0.15) is 5.60 Å². The molecule has 1 fully saturated rings. The summed E-state index contributed by atoms with van der Waals surface area (Å²) in [4.78, 5) is 36.3. The van der Waals surface area contributed by atoms with E-state index in [0.717, 1.165) is 5.56 Å². The average Bonchev–Trinajstić information content (AvgIpc) is 2.97. The lowest BCUT2D eigenvalue weighted by Gasteiger charge is -2.24. The van der Waals surface area contributed by atoms with E-state index < -0.39 is 17.7 Å². The molecule has 7 nitrogen and oxygen atoms in total. The molecular weight excluding hydrogens is 346 g/mol. The van der Waals surface area contributed by atoms with E-state index in [9.17, 15) is 14.4 Å². The second-order valence-corrected chi connectivity index (χ2v) is 7.82. The van der Waals surface area contributed by atoms with E-state index in [1.54, 1.807) is 20.8 Å². The van der Waals surface area contributed by atoms with Crippen molar-refractivity contribution in [3.63, 3.8) is 0 Å². The Kier molecular flexibility index (Phi) is 7.21. The van der Waals surface area contributed by atoms with Crippen molar-refractivity contribution < 1.29 is 19.1 Å². The Morgan fingerprint density at radius 3 is 2.56 bits per heavy atom. The molecule has 3 N–H and O–H groups in total. The van der Waals surface area contributed by atoms with Crippen LogP contribution >= 0.6 is 0 Å². The summed E-state index contributed by atoms with van der Waals surface area (Å²) in [6, 6.07) is 9.13. The number of amides is 3. The predicted octanol–water partition coefficient (Wildman–Crippen LogP) is 2.11. The second-order valence-electron chi connectivity index (χ2n) is 7.82. The van der Waals surface area contributed by atoms with Crippen molar-refractivity contribution in [1.29, 1.82) is 0 Å². The molecule has 2 rings (SSSR count). The van der Waals surface area contributed by atoms with Gasteiger partial charge in [0.05, 0.1) is 0 Å². The zero-order valence-corrected chi connectivity index (χ0v) is 16.2. The van der Waals surface area contributed by atoms with Crippen LogP contribution in [0.3, 0.4) is 0 Å². The molecule has 148 valence electrons. The molecule has 2 atom stereocenters. The topological polar surface area (TPSA) is 96.5 Å². The average molecular weight is 375 g/mol. The molecule has 1 aliphatic heterocycles. The van der Waals surface area contributed by atoms with E-state index >= 15 is 0 Å². The normalized spacial score (nSPS) is 17.7. The number of benzene rings is 1. The molecule has 0 unspecified atom stereocenters. The molecular formula is C20H29N3O4. The number of hydrogen-bond acceptors (Lipinski definition) is 4. The highest BCUT2D eigenvalue weighted by atomic mass is 16.6. The van der Waals surface area contributed by atoms with Crippen molar-refractivity contribution in [2.45, 2.75) is 58.2 Å². The van der Waals surface area contributed by atoms with Gasteiger partial charge >= 0.3 is 6.09 Å². The number of ether oxygens (including phenoxy) is 1. The van der Waals surface area contributed by atoms with Crippen LogP contribution in [0.1, 0.15) is 45.6 Å². The quantitative estimate of drug-likeness (QED) is 0.680. The van der Waals surface area contributed by atoms with E-state index in [2.05, 4.69) is 16.0 Å². The van der Waals surface area contributed by atoms with Crippen LogP contribution in [-0.4, -0.2) is 36.1 Å². The summed E-state index contributed by atoms with van der Waals surface area (Å²) in [7, 11) is 0. The number of carbonyl (C=O) groups is 3. The van der Waals surface area contributed by atoms with Gasteiger partial charge in [-0.15, -0.1) is 0 Å². The van der Waals surface area contributed by atoms with Crippen molar-refractivity contribution in [3.05, 3.63) is 35.9 Å². The first-order valence-electron chi connectivity index (χ1n) is 9.31. The van der Waals surface area contributed by atoms with Crippen LogP contribution in [0.15, 0.2) is 30.3 Å². The van der Waals surface area contributed by atoms with Gasteiger partial charge in [-0.1, -0.05) is 30.3 Å². The maximum atomic E-state index is 12.3. The smallest absolute Gasteiger partial charge is 0.407 e. The van der Waals surface area contributed by atoms with Gasteiger partial charge in [0.2, 0.25) is 11.8 Å². The lowest BCUT2D eigenvalue weighted by atomic mass is 9.96. The number of hydrogen-bond donors (Lipinski definition) is 3. The molecule has 0 radical (unpaired) electrons. The Hall–Kier alpha value is -2.57. The summed E-state index contributed by atoms with van der Waals surface area (Å²) in [5.41, 5.74) is 0.368. The fourth-order valence-electron chi connectivity index (χ4n) is 2.97. The highest BCUT2D eigenvalue weighted by Gasteiger charge is 2.30. The summed E-state index contributed by atoms with van der Waals surface area (Å²) in [6.07, 6.45) is 0.623. The van der Waals surface area contributed by atoms with Crippen LogP contribution in [0.4, 0.5) is 4.79 Å². The molecule has 0 aliphatic carbocycles. The third kappa shape index (κ3) is 7.68. The Balaban J connectivity index is 1.92. The molecule has 0 saturated carbocycles. The first-order valence-corrected chi connectivity index (χ1v) is 9.31. The van der Waals surface area contributed by atoms with Crippen molar-refractivity contribution in [2.75, 3.05) is 6.54 Å². The lowest BCUT2D eigenvalue weighted by Crippen LogP contribution is -2.43. The van der Waals surface area contributed by atoms with Gasteiger partial charge in [0, 0.05) is 31.5 Å². The van der Waals surface area contributed by atoms with Crippen LogP contribution in [-0.2, 0) is 20.9 Å². The fourth-order valence-corrected chi connectivity index (χ4v) is 2.97. The van der Waals surface area contributed by atoms with Gasteiger partial charge in [-0.3, -0.25) is 9.59 Å². The number of alkyl carbamates (subject to hydrolysis) is 1. The molecule has 0 bridgehead atoms. The molecule has 7 heteroatoms. The Labute approximate surface area is 160 Å². The maximum absolute atomic E-state index is 12.3. The molecule has 1 aliphatic rings. The predicted molar refractivity (Wildman–Crippen MR) is 102 cm³/mol. The Bertz CT molecular complexity index is 655. The van der Waals surface area contributed by atoms with E-state index in [4.69, 9.17) is 4.74 Å². The van der Waals surface area contributed by atoms with Crippen molar-refractivity contribution in [2.24, 2.45) is 5.92 Å². The first kappa shape index (κ1) is 20.7. The number of carbonyl (C=O) groups excluding carboxylic acids is 3. The van der Waals surface area contributed by atoms with Gasteiger partial charge in [-0.2, -0.15) is 0 Å². The Morgan fingerprint density at radius 2 is 1.96 bits per heavy atom. The first-order chi connectivity index (χ1) is 12.7. The summed E-state index contributed by atoms with van der Waals surface area (Å²) in [5.74, 6) is -0.416. The minimum Gasteiger partial charge on any atom is -0.444 e. The van der Waals surface area contributed by atoms with Gasteiger partial charge < -0.3 is 20.7 Å².